The number of hydrogen-bond acceptors (Lipinski definition) is 2. The summed E-state index contributed by atoms with van der Waals surface area (Å²) >= 11 is 0. The van der Waals surface area contributed by atoms with E-state index in [4.69, 9.17) is 23.1 Å². The maximum absolute atomic E-state index is 7.87. The topological polar surface area (TPSA) is 44.4 Å². The second-order valence-corrected chi connectivity index (χ2v) is 14.8. The molecule has 60 heavy (non-hydrogen) atoms. The summed E-state index contributed by atoms with van der Waals surface area (Å²) in [6.07, 6.45) is 0. The number of rotatable bonds is 6. The van der Waals surface area contributed by atoms with Crippen molar-refractivity contribution in [1.82, 2.24) is 19.1 Å². The van der Waals surface area contributed by atoms with Crippen molar-refractivity contribution in [3.63, 3.8) is 0 Å². The molecule has 3 aromatic heterocycles. The van der Waals surface area contributed by atoms with Crippen molar-refractivity contribution in [2.75, 3.05) is 0 Å². The van der Waals surface area contributed by atoms with E-state index in [2.05, 4.69) is 128 Å². The van der Waals surface area contributed by atoms with Gasteiger partial charge in [-0.05, 0) is 65.4 Å². The molecular formula is C54H32N6. The number of aromatic nitrogens is 4. The maximum atomic E-state index is 7.87. The standard InChI is InChI=1S/C54H32N6/c1-55-38-26-29-51-44(32-38)45-33-39(56-2)27-30-52(45)60(51)53-31-37(47-34-46(35-15-5-3-6-16-35)57-54(58-47)36-17-7-4-8-18-36)25-28-43(53)42-21-11-14-24-50(42)59-48-22-12-9-19-40(48)41-20-10-13-23-49(41)59/h3-34H. The van der Waals surface area contributed by atoms with Crippen LogP contribution in [0.3, 0.4) is 0 Å². The van der Waals surface area contributed by atoms with Crippen LogP contribution >= 0.6 is 0 Å². The Kier molecular flexibility index (Phi) is 8.15. The third-order valence-electron chi connectivity index (χ3n) is 11.4. The van der Waals surface area contributed by atoms with Gasteiger partial charge in [-0.15, -0.1) is 0 Å². The van der Waals surface area contributed by atoms with Crippen molar-refractivity contribution < 1.29 is 0 Å². The molecule has 0 spiro atoms. The summed E-state index contributed by atoms with van der Waals surface area (Å²) in [5, 5.41) is 4.21. The molecule has 0 unspecified atom stereocenters. The molecule has 0 bridgehead atoms. The summed E-state index contributed by atoms with van der Waals surface area (Å²) in [6.45, 7) is 15.7. The van der Waals surface area contributed by atoms with Gasteiger partial charge in [-0.25, -0.2) is 19.7 Å². The minimum absolute atomic E-state index is 0.545. The van der Waals surface area contributed by atoms with Gasteiger partial charge in [0.25, 0.3) is 0 Å². The number of para-hydroxylation sites is 3. The Balaban J connectivity index is 1.23. The molecule has 8 aromatic carbocycles. The van der Waals surface area contributed by atoms with Gasteiger partial charge in [0, 0.05) is 38.6 Å². The van der Waals surface area contributed by atoms with Gasteiger partial charge in [-0.2, -0.15) is 0 Å². The molecule has 3 heterocycles. The lowest BCUT2D eigenvalue weighted by molar-refractivity contribution is 1.15. The Bertz CT molecular complexity index is 3380. The Morgan fingerprint density at radius 2 is 0.833 bits per heavy atom. The van der Waals surface area contributed by atoms with E-state index in [1.54, 1.807) is 0 Å². The van der Waals surface area contributed by atoms with Crippen LogP contribution in [-0.2, 0) is 0 Å². The zero-order valence-corrected chi connectivity index (χ0v) is 32.2. The molecular weight excluding hydrogens is 733 g/mol. The highest BCUT2D eigenvalue weighted by atomic mass is 15.0. The molecule has 0 saturated carbocycles. The summed E-state index contributed by atoms with van der Waals surface area (Å²) in [5.74, 6) is 0.643. The SMILES string of the molecule is [C-]#[N+]c1ccc2c(c1)c1cc([N+]#[C-])ccc1n2-c1cc(-c2cc(-c3ccccc3)nc(-c3ccccc3)n2)ccc1-c1ccccc1-n1c2ccccc2c2ccccc21. The lowest BCUT2D eigenvalue weighted by Crippen LogP contribution is -2.02. The maximum Gasteiger partial charge on any atom is 0.188 e. The molecule has 278 valence electrons. The Labute approximate surface area is 346 Å². The first-order valence-electron chi connectivity index (χ1n) is 19.7. The van der Waals surface area contributed by atoms with E-state index >= 15 is 0 Å². The van der Waals surface area contributed by atoms with Crippen LogP contribution in [0.1, 0.15) is 0 Å². The molecule has 0 atom stereocenters. The number of fused-ring (bicyclic) bond motifs is 6. The van der Waals surface area contributed by atoms with Crippen molar-refractivity contribution in [1.29, 1.82) is 0 Å². The fraction of sp³-hybridized carbons (Fsp3) is 0. The van der Waals surface area contributed by atoms with Crippen molar-refractivity contribution >= 4 is 55.0 Å². The zero-order chi connectivity index (χ0) is 40.2. The van der Waals surface area contributed by atoms with Gasteiger partial charge in [0.05, 0.1) is 58.0 Å². The third-order valence-corrected chi connectivity index (χ3v) is 11.4. The molecule has 0 radical (unpaired) electrons. The van der Waals surface area contributed by atoms with Crippen LogP contribution in [0, 0.1) is 13.1 Å². The highest BCUT2D eigenvalue weighted by Crippen LogP contribution is 2.43. The van der Waals surface area contributed by atoms with E-state index < -0.39 is 0 Å². The first-order valence-corrected chi connectivity index (χ1v) is 19.7. The minimum Gasteiger partial charge on any atom is -0.309 e. The molecule has 0 aliphatic carbocycles. The highest BCUT2D eigenvalue weighted by Gasteiger charge is 2.22. The van der Waals surface area contributed by atoms with Crippen molar-refractivity contribution in [2.45, 2.75) is 0 Å². The van der Waals surface area contributed by atoms with Crippen LogP contribution in [0.4, 0.5) is 11.4 Å². The van der Waals surface area contributed by atoms with Crippen LogP contribution < -0.4 is 0 Å². The summed E-state index contributed by atoms with van der Waals surface area (Å²) in [5.41, 5.74) is 13.7. The van der Waals surface area contributed by atoms with Gasteiger partial charge >= 0.3 is 0 Å². The average molecular weight is 765 g/mol. The van der Waals surface area contributed by atoms with E-state index in [1.165, 1.54) is 10.8 Å². The fourth-order valence-corrected chi connectivity index (χ4v) is 8.65. The second-order valence-electron chi connectivity index (χ2n) is 14.8. The predicted octanol–water partition coefficient (Wildman–Crippen LogP) is 14.4. The van der Waals surface area contributed by atoms with Crippen LogP contribution in [0.5, 0.6) is 0 Å². The monoisotopic (exact) mass is 764 g/mol. The Morgan fingerprint density at radius 3 is 1.45 bits per heavy atom. The largest absolute Gasteiger partial charge is 0.309 e. The number of benzene rings is 8. The second kappa shape index (κ2) is 14.1. The van der Waals surface area contributed by atoms with Crippen LogP contribution in [0.15, 0.2) is 194 Å². The minimum atomic E-state index is 0.545. The first kappa shape index (κ1) is 34.7. The smallest absolute Gasteiger partial charge is 0.188 e. The summed E-state index contributed by atoms with van der Waals surface area (Å²) < 4.78 is 4.65. The lowest BCUT2D eigenvalue weighted by atomic mass is 9.97. The fourth-order valence-electron chi connectivity index (χ4n) is 8.65. The summed E-state index contributed by atoms with van der Waals surface area (Å²) in [4.78, 5) is 17.9. The van der Waals surface area contributed by atoms with Gasteiger partial charge in [-0.3, -0.25) is 0 Å². The molecule has 0 amide bonds. The van der Waals surface area contributed by atoms with Gasteiger partial charge in [0.1, 0.15) is 0 Å². The molecule has 11 rings (SSSR count). The number of hydrogen-bond donors (Lipinski definition) is 0. The van der Waals surface area contributed by atoms with Crippen LogP contribution in [0.25, 0.3) is 110 Å². The van der Waals surface area contributed by atoms with E-state index in [-0.39, 0.29) is 0 Å². The van der Waals surface area contributed by atoms with Gasteiger partial charge in [-0.1, -0.05) is 140 Å². The zero-order valence-electron chi connectivity index (χ0n) is 32.2. The first-order chi connectivity index (χ1) is 29.7. The summed E-state index contributed by atoms with van der Waals surface area (Å²) in [7, 11) is 0. The summed E-state index contributed by atoms with van der Waals surface area (Å²) in [6, 6.07) is 66.5. The lowest BCUT2D eigenvalue weighted by Gasteiger charge is -2.20. The molecule has 6 nitrogen and oxygen atoms in total. The molecule has 6 heteroatoms. The van der Waals surface area contributed by atoms with Crippen LogP contribution in [0.2, 0.25) is 0 Å². The molecule has 0 aliphatic heterocycles. The molecule has 11 aromatic rings. The van der Waals surface area contributed by atoms with E-state index in [1.807, 2.05) is 84.9 Å². The third kappa shape index (κ3) is 5.63. The molecule has 0 saturated heterocycles. The van der Waals surface area contributed by atoms with E-state index in [9.17, 15) is 0 Å². The Morgan fingerprint density at radius 1 is 0.350 bits per heavy atom. The molecule has 0 N–H and O–H groups in total. The van der Waals surface area contributed by atoms with Gasteiger partial charge in [0.2, 0.25) is 0 Å². The number of nitrogens with zero attached hydrogens (tertiary/aromatic N) is 6. The predicted molar refractivity (Wildman–Crippen MR) is 245 cm³/mol. The van der Waals surface area contributed by atoms with E-state index in [0.29, 0.717) is 17.2 Å². The Hall–Kier alpha value is -8.58. The van der Waals surface area contributed by atoms with Gasteiger partial charge < -0.3 is 9.13 Å². The normalized spacial score (nSPS) is 11.3. The quantitative estimate of drug-likeness (QED) is 0.158. The highest BCUT2D eigenvalue weighted by molar-refractivity contribution is 6.13. The van der Waals surface area contributed by atoms with Crippen molar-refractivity contribution in [2.24, 2.45) is 0 Å². The molecule has 0 fully saturated rings. The van der Waals surface area contributed by atoms with Gasteiger partial charge in [0.15, 0.2) is 17.2 Å². The van der Waals surface area contributed by atoms with Crippen molar-refractivity contribution in [3.8, 4) is 56.4 Å². The average Bonchev–Trinajstić information content (AvgIpc) is 3.83. The molecule has 0 aliphatic rings. The van der Waals surface area contributed by atoms with Crippen LogP contribution in [-0.4, -0.2) is 19.1 Å². The van der Waals surface area contributed by atoms with Crippen molar-refractivity contribution in [3.05, 3.63) is 217 Å². The van der Waals surface area contributed by atoms with E-state index in [0.717, 1.165) is 83.4 Å².